The topological polar surface area (TPSA) is 33.1 Å². The number of aliphatic hydroxyl groups excluding tert-OH is 1. The fourth-order valence-electron chi connectivity index (χ4n) is 1.45. The molecule has 0 aliphatic heterocycles. The number of nitrogens with zero attached hydrogens (tertiary/aromatic N) is 1. The zero-order valence-corrected chi connectivity index (χ0v) is 10.7. The number of aliphatic hydroxyl groups is 1. The lowest BCUT2D eigenvalue weighted by atomic mass is 10.1. The summed E-state index contributed by atoms with van der Waals surface area (Å²) in [4.78, 5) is 4.93. The van der Waals surface area contributed by atoms with Crippen molar-refractivity contribution in [2.45, 2.75) is 19.4 Å². The Balaban J connectivity index is 2.22. The van der Waals surface area contributed by atoms with Crippen LogP contribution in [0.4, 0.5) is 4.39 Å². The smallest absolute Gasteiger partial charge is 0.145 e. The van der Waals surface area contributed by atoms with Gasteiger partial charge in [0.15, 0.2) is 0 Å². The summed E-state index contributed by atoms with van der Waals surface area (Å²) in [6.07, 6.45) is 1.47. The summed E-state index contributed by atoms with van der Waals surface area (Å²) in [5.74, 6) is -0.400. The number of rotatable bonds is 3. The molecule has 1 N–H and O–H groups in total. The molecule has 0 saturated carbocycles. The first kappa shape index (κ1) is 12.5. The summed E-state index contributed by atoms with van der Waals surface area (Å²) in [5, 5.41) is 10.3. The van der Waals surface area contributed by atoms with E-state index in [0.29, 0.717) is 12.0 Å². The lowest BCUT2D eigenvalue weighted by Crippen LogP contribution is -1.92. The van der Waals surface area contributed by atoms with Crippen LogP contribution in [0, 0.1) is 5.82 Å². The van der Waals surface area contributed by atoms with Gasteiger partial charge in [-0.25, -0.2) is 9.37 Å². The number of thiazole rings is 1. The molecule has 0 fully saturated rings. The van der Waals surface area contributed by atoms with Crippen LogP contribution in [0.1, 0.15) is 28.5 Å². The largest absolute Gasteiger partial charge is 0.388 e. The molecule has 90 valence electrons. The normalized spacial score (nSPS) is 12.7. The highest BCUT2D eigenvalue weighted by Crippen LogP contribution is 2.25. The third-order valence-electron chi connectivity index (χ3n) is 2.36. The van der Waals surface area contributed by atoms with Gasteiger partial charge in [-0.1, -0.05) is 23.7 Å². The van der Waals surface area contributed by atoms with E-state index in [0.717, 1.165) is 9.88 Å². The highest BCUT2D eigenvalue weighted by molar-refractivity contribution is 7.11. The van der Waals surface area contributed by atoms with Crippen molar-refractivity contribution < 1.29 is 9.50 Å². The maximum Gasteiger partial charge on any atom is 0.145 e. The highest BCUT2D eigenvalue weighted by atomic mass is 35.5. The van der Waals surface area contributed by atoms with Gasteiger partial charge in [-0.2, -0.15) is 0 Å². The van der Waals surface area contributed by atoms with Crippen molar-refractivity contribution >= 4 is 22.9 Å². The first-order chi connectivity index (χ1) is 8.08. The van der Waals surface area contributed by atoms with Gasteiger partial charge in [0.25, 0.3) is 0 Å². The molecule has 2 aromatic rings. The third-order valence-corrected chi connectivity index (χ3v) is 3.82. The summed E-state index contributed by atoms with van der Waals surface area (Å²) in [6.45, 7) is 1.68. The Hall–Kier alpha value is -0.970. The fourth-order valence-corrected chi connectivity index (χ4v) is 2.52. The number of hydrogen-bond donors (Lipinski definition) is 1. The van der Waals surface area contributed by atoms with E-state index in [1.165, 1.54) is 17.4 Å². The van der Waals surface area contributed by atoms with Gasteiger partial charge in [-0.3, -0.25) is 0 Å². The molecular formula is C12H11ClFNOS. The molecule has 1 heterocycles. The Morgan fingerprint density at radius 1 is 1.53 bits per heavy atom. The molecule has 0 aliphatic carbocycles. The van der Waals surface area contributed by atoms with Crippen LogP contribution in [0.5, 0.6) is 0 Å². The van der Waals surface area contributed by atoms with E-state index in [4.69, 9.17) is 11.6 Å². The summed E-state index contributed by atoms with van der Waals surface area (Å²) in [5.41, 5.74) is 0.518. The Kier molecular flexibility index (Phi) is 3.76. The maximum absolute atomic E-state index is 13.6. The van der Waals surface area contributed by atoms with E-state index in [9.17, 15) is 9.50 Å². The van der Waals surface area contributed by atoms with Crippen LogP contribution in [0.25, 0.3) is 0 Å². The molecule has 2 rings (SSSR count). The Bertz CT molecular complexity index is 527. The van der Waals surface area contributed by atoms with E-state index in [2.05, 4.69) is 4.98 Å². The monoisotopic (exact) mass is 271 g/mol. The number of aromatic nitrogens is 1. The Labute approximate surface area is 108 Å². The molecule has 0 spiro atoms. The van der Waals surface area contributed by atoms with E-state index in [1.807, 2.05) is 0 Å². The molecule has 1 aromatic carbocycles. The van der Waals surface area contributed by atoms with Crippen LogP contribution < -0.4 is 0 Å². The third kappa shape index (κ3) is 2.83. The van der Waals surface area contributed by atoms with E-state index in [-0.39, 0.29) is 5.02 Å². The maximum atomic E-state index is 13.6. The molecule has 17 heavy (non-hydrogen) atoms. The van der Waals surface area contributed by atoms with Crippen LogP contribution in [0.15, 0.2) is 24.4 Å². The van der Waals surface area contributed by atoms with Crippen LogP contribution >= 0.6 is 22.9 Å². The predicted octanol–water partition coefficient (Wildman–Crippen LogP) is 3.58. The van der Waals surface area contributed by atoms with Crippen molar-refractivity contribution in [3.05, 3.63) is 50.7 Å². The summed E-state index contributed by atoms with van der Waals surface area (Å²) in [6, 6.07) is 4.91. The van der Waals surface area contributed by atoms with Gasteiger partial charge >= 0.3 is 0 Å². The van der Waals surface area contributed by atoms with Crippen molar-refractivity contribution in [3.63, 3.8) is 0 Å². The van der Waals surface area contributed by atoms with Crippen LogP contribution in [0.2, 0.25) is 5.02 Å². The average Bonchev–Trinajstić information content (AvgIpc) is 2.73. The minimum absolute atomic E-state index is 0.120. The second-order valence-corrected chi connectivity index (χ2v) is 5.28. The van der Waals surface area contributed by atoms with E-state index >= 15 is 0 Å². The van der Waals surface area contributed by atoms with Gasteiger partial charge in [0, 0.05) is 12.6 Å². The zero-order valence-electron chi connectivity index (χ0n) is 9.15. The van der Waals surface area contributed by atoms with Gasteiger partial charge in [-0.05, 0) is 18.6 Å². The fraction of sp³-hybridized carbons (Fsp3) is 0.250. The van der Waals surface area contributed by atoms with Crippen LogP contribution in [-0.4, -0.2) is 10.1 Å². The van der Waals surface area contributed by atoms with Crippen molar-refractivity contribution in [1.29, 1.82) is 0 Å². The molecule has 1 atom stereocenters. The SMILES string of the molecule is CC(O)c1cnc(Cc2cccc(Cl)c2F)s1. The highest BCUT2D eigenvalue weighted by Gasteiger charge is 2.11. The molecule has 1 aromatic heterocycles. The summed E-state index contributed by atoms with van der Waals surface area (Å²) < 4.78 is 13.6. The zero-order chi connectivity index (χ0) is 12.4. The minimum atomic E-state index is -0.537. The quantitative estimate of drug-likeness (QED) is 0.926. The van der Waals surface area contributed by atoms with Gasteiger partial charge in [-0.15, -0.1) is 11.3 Å². The molecular weight excluding hydrogens is 261 g/mol. The Morgan fingerprint density at radius 3 is 2.94 bits per heavy atom. The lowest BCUT2D eigenvalue weighted by molar-refractivity contribution is 0.203. The van der Waals surface area contributed by atoms with Gasteiger partial charge in [0.1, 0.15) is 5.82 Å². The van der Waals surface area contributed by atoms with Gasteiger partial charge < -0.3 is 5.11 Å². The van der Waals surface area contributed by atoms with Crippen molar-refractivity contribution in [3.8, 4) is 0 Å². The lowest BCUT2D eigenvalue weighted by Gasteiger charge is -2.02. The van der Waals surface area contributed by atoms with Crippen LogP contribution in [0.3, 0.4) is 0 Å². The van der Waals surface area contributed by atoms with Gasteiger partial charge in [0.2, 0.25) is 0 Å². The molecule has 0 bridgehead atoms. The first-order valence-electron chi connectivity index (χ1n) is 5.13. The molecule has 1 unspecified atom stereocenters. The second-order valence-electron chi connectivity index (χ2n) is 3.72. The summed E-state index contributed by atoms with van der Waals surface area (Å²) >= 11 is 7.08. The average molecular weight is 272 g/mol. The Morgan fingerprint density at radius 2 is 2.29 bits per heavy atom. The molecule has 0 aliphatic rings. The van der Waals surface area contributed by atoms with Crippen LogP contribution in [-0.2, 0) is 6.42 Å². The summed E-state index contributed by atoms with van der Waals surface area (Å²) in [7, 11) is 0. The molecule has 0 amide bonds. The molecule has 2 nitrogen and oxygen atoms in total. The standard InChI is InChI=1S/C12H11ClFNOS/c1-7(16)10-6-15-11(17-10)5-8-3-2-4-9(13)12(8)14/h2-4,6-7,16H,5H2,1H3. The van der Waals surface area contributed by atoms with E-state index < -0.39 is 11.9 Å². The van der Waals surface area contributed by atoms with Crippen molar-refractivity contribution in [2.75, 3.05) is 0 Å². The minimum Gasteiger partial charge on any atom is -0.388 e. The van der Waals surface area contributed by atoms with Crippen molar-refractivity contribution in [2.24, 2.45) is 0 Å². The van der Waals surface area contributed by atoms with Crippen molar-refractivity contribution in [1.82, 2.24) is 4.98 Å². The molecule has 0 saturated heterocycles. The predicted molar refractivity (Wildman–Crippen MR) is 67.0 cm³/mol. The molecule has 0 radical (unpaired) electrons. The number of halogens is 2. The first-order valence-corrected chi connectivity index (χ1v) is 6.33. The molecule has 5 heteroatoms. The van der Waals surface area contributed by atoms with E-state index in [1.54, 1.807) is 25.3 Å². The van der Waals surface area contributed by atoms with Gasteiger partial charge in [0.05, 0.1) is 21.0 Å². The second kappa shape index (κ2) is 5.12. The number of hydrogen-bond acceptors (Lipinski definition) is 3. The number of benzene rings is 1.